The van der Waals surface area contributed by atoms with E-state index in [0.717, 1.165) is 16.7 Å². The summed E-state index contributed by atoms with van der Waals surface area (Å²) in [5, 5.41) is 0. The maximum atomic E-state index is 12.7. The van der Waals surface area contributed by atoms with Gasteiger partial charge < -0.3 is 5.73 Å². The number of rotatable bonds is 2. The van der Waals surface area contributed by atoms with E-state index in [2.05, 4.69) is 4.98 Å². The van der Waals surface area contributed by atoms with Gasteiger partial charge in [-0.25, -0.2) is 4.98 Å². The molecular formula is C13H13FN2. The Balaban J connectivity index is 2.40. The summed E-state index contributed by atoms with van der Waals surface area (Å²) in [5.41, 5.74) is 8.76. The highest BCUT2D eigenvalue weighted by Gasteiger charge is 2.03. The number of hydrogen-bond donors (Lipinski definition) is 1. The Labute approximate surface area is 93.9 Å². The predicted octanol–water partition coefficient (Wildman–Crippen LogP) is 2.91. The molecule has 1 unspecified atom stereocenters. The first-order valence-electron chi connectivity index (χ1n) is 5.14. The highest BCUT2D eigenvalue weighted by atomic mass is 19.1. The maximum absolute atomic E-state index is 12.7. The lowest BCUT2D eigenvalue weighted by atomic mass is 10.0. The molecule has 0 aliphatic rings. The summed E-state index contributed by atoms with van der Waals surface area (Å²) < 4.78 is 12.7. The van der Waals surface area contributed by atoms with Crippen molar-refractivity contribution in [3.63, 3.8) is 0 Å². The van der Waals surface area contributed by atoms with E-state index in [1.807, 2.05) is 31.2 Å². The van der Waals surface area contributed by atoms with Crippen molar-refractivity contribution in [3.8, 4) is 11.1 Å². The molecule has 0 fully saturated rings. The van der Waals surface area contributed by atoms with E-state index >= 15 is 0 Å². The molecule has 0 aliphatic carbocycles. The smallest absolute Gasteiger partial charge is 0.212 e. The lowest BCUT2D eigenvalue weighted by Crippen LogP contribution is -2.04. The first-order valence-corrected chi connectivity index (χ1v) is 5.14. The van der Waals surface area contributed by atoms with E-state index in [9.17, 15) is 4.39 Å². The summed E-state index contributed by atoms with van der Waals surface area (Å²) in [6.45, 7) is 1.93. The van der Waals surface area contributed by atoms with Gasteiger partial charge in [0.15, 0.2) is 0 Å². The minimum atomic E-state index is -0.466. The van der Waals surface area contributed by atoms with Crippen molar-refractivity contribution in [2.24, 2.45) is 5.73 Å². The molecule has 2 nitrogen and oxygen atoms in total. The van der Waals surface area contributed by atoms with Gasteiger partial charge in [0, 0.05) is 17.8 Å². The van der Waals surface area contributed by atoms with Crippen molar-refractivity contribution < 1.29 is 4.39 Å². The second-order valence-electron chi connectivity index (χ2n) is 3.78. The molecule has 0 saturated carbocycles. The molecular weight excluding hydrogens is 203 g/mol. The Bertz CT molecular complexity index is 478. The topological polar surface area (TPSA) is 38.9 Å². The molecule has 0 bridgehead atoms. The number of nitrogens with zero attached hydrogens (tertiary/aromatic N) is 1. The SMILES string of the molecule is CC(N)c1cccc(-c2ccc(F)nc2)c1. The zero-order valence-electron chi connectivity index (χ0n) is 9.02. The fraction of sp³-hybridized carbons (Fsp3) is 0.154. The molecule has 2 N–H and O–H groups in total. The lowest BCUT2D eigenvalue weighted by molar-refractivity contribution is 0.584. The summed E-state index contributed by atoms with van der Waals surface area (Å²) in [6.07, 6.45) is 1.52. The third-order valence-electron chi connectivity index (χ3n) is 2.47. The number of benzene rings is 1. The van der Waals surface area contributed by atoms with Crippen LogP contribution in [0.4, 0.5) is 4.39 Å². The minimum Gasteiger partial charge on any atom is -0.324 e. The quantitative estimate of drug-likeness (QED) is 0.784. The van der Waals surface area contributed by atoms with Crippen LogP contribution in [-0.4, -0.2) is 4.98 Å². The van der Waals surface area contributed by atoms with Crippen LogP contribution in [0.1, 0.15) is 18.5 Å². The van der Waals surface area contributed by atoms with E-state index in [0.29, 0.717) is 0 Å². The van der Waals surface area contributed by atoms with E-state index in [4.69, 9.17) is 5.73 Å². The van der Waals surface area contributed by atoms with E-state index in [1.54, 1.807) is 6.07 Å². The van der Waals surface area contributed by atoms with Crippen LogP contribution >= 0.6 is 0 Å². The Morgan fingerprint density at radius 2 is 2.00 bits per heavy atom. The Morgan fingerprint density at radius 1 is 1.19 bits per heavy atom. The summed E-state index contributed by atoms with van der Waals surface area (Å²) in [7, 11) is 0. The number of nitrogens with two attached hydrogens (primary N) is 1. The highest BCUT2D eigenvalue weighted by molar-refractivity contribution is 5.63. The molecule has 16 heavy (non-hydrogen) atoms. The summed E-state index contributed by atoms with van der Waals surface area (Å²) in [6, 6.07) is 10.9. The van der Waals surface area contributed by atoms with Crippen LogP contribution in [0.2, 0.25) is 0 Å². The van der Waals surface area contributed by atoms with Gasteiger partial charge in [-0.05, 0) is 36.2 Å². The van der Waals surface area contributed by atoms with Crippen LogP contribution < -0.4 is 5.73 Å². The zero-order valence-corrected chi connectivity index (χ0v) is 9.02. The van der Waals surface area contributed by atoms with E-state index in [-0.39, 0.29) is 6.04 Å². The predicted molar refractivity (Wildman–Crippen MR) is 62.2 cm³/mol. The van der Waals surface area contributed by atoms with Crippen LogP contribution in [0, 0.1) is 5.95 Å². The van der Waals surface area contributed by atoms with E-state index < -0.39 is 5.95 Å². The van der Waals surface area contributed by atoms with Crippen molar-refractivity contribution >= 4 is 0 Å². The number of aromatic nitrogens is 1. The molecule has 0 spiro atoms. The largest absolute Gasteiger partial charge is 0.324 e. The van der Waals surface area contributed by atoms with Crippen LogP contribution in [0.25, 0.3) is 11.1 Å². The van der Waals surface area contributed by atoms with Crippen molar-refractivity contribution in [3.05, 3.63) is 54.1 Å². The Hall–Kier alpha value is -1.74. The third-order valence-corrected chi connectivity index (χ3v) is 2.47. The molecule has 0 amide bonds. The first kappa shape index (κ1) is 10.8. The van der Waals surface area contributed by atoms with Gasteiger partial charge in [0.05, 0.1) is 0 Å². The van der Waals surface area contributed by atoms with Gasteiger partial charge in [-0.2, -0.15) is 4.39 Å². The van der Waals surface area contributed by atoms with Crippen molar-refractivity contribution in [1.29, 1.82) is 0 Å². The average molecular weight is 216 g/mol. The number of pyridine rings is 1. The summed E-state index contributed by atoms with van der Waals surface area (Å²) in [5.74, 6) is -0.466. The number of hydrogen-bond acceptors (Lipinski definition) is 2. The standard InChI is InChI=1S/C13H13FN2/c1-9(15)10-3-2-4-11(7-10)12-5-6-13(14)16-8-12/h2-9H,15H2,1H3. The van der Waals surface area contributed by atoms with Gasteiger partial charge >= 0.3 is 0 Å². The molecule has 82 valence electrons. The number of halogens is 1. The lowest BCUT2D eigenvalue weighted by Gasteiger charge is -2.08. The Kier molecular flexibility index (Phi) is 2.97. The van der Waals surface area contributed by atoms with Crippen LogP contribution in [0.15, 0.2) is 42.6 Å². The minimum absolute atomic E-state index is 0.00615. The summed E-state index contributed by atoms with van der Waals surface area (Å²) in [4.78, 5) is 3.63. The molecule has 3 heteroatoms. The molecule has 0 saturated heterocycles. The maximum Gasteiger partial charge on any atom is 0.212 e. The van der Waals surface area contributed by atoms with Gasteiger partial charge in [0.1, 0.15) is 0 Å². The summed E-state index contributed by atoms with van der Waals surface area (Å²) >= 11 is 0. The van der Waals surface area contributed by atoms with Gasteiger partial charge in [-0.1, -0.05) is 18.2 Å². The molecule has 1 heterocycles. The van der Waals surface area contributed by atoms with Gasteiger partial charge in [-0.3, -0.25) is 0 Å². The fourth-order valence-corrected chi connectivity index (χ4v) is 1.55. The highest BCUT2D eigenvalue weighted by Crippen LogP contribution is 2.21. The molecule has 0 radical (unpaired) electrons. The Morgan fingerprint density at radius 3 is 2.62 bits per heavy atom. The molecule has 1 aromatic heterocycles. The molecule has 0 aliphatic heterocycles. The zero-order chi connectivity index (χ0) is 11.5. The molecule has 2 aromatic rings. The second kappa shape index (κ2) is 4.41. The van der Waals surface area contributed by atoms with Crippen molar-refractivity contribution in [1.82, 2.24) is 4.98 Å². The van der Waals surface area contributed by atoms with Gasteiger partial charge in [0.2, 0.25) is 5.95 Å². The van der Waals surface area contributed by atoms with Crippen LogP contribution in [-0.2, 0) is 0 Å². The molecule has 1 aromatic carbocycles. The van der Waals surface area contributed by atoms with Gasteiger partial charge in [0.25, 0.3) is 0 Å². The van der Waals surface area contributed by atoms with Crippen LogP contribution in [0.3, 0.4) is 0 Å². The van der Waals surface area contributed by atoms with Crippen molar-refractivity contribution in [2.75, 3.05) is 0 Å². The van der Waals surface area contributed by atoms with Crippen molar-refractivity contribution in [2.45, 2.75) is 13.0 Å². The average Bonchev–Trinajstić information content (AvgIpc) is 2.30. The molecule has 2 rings (SSSR count). The molecule has 1 atom stereocenters. The third kappa shape index (κ3) is 2.25. The normalized spacial score (nSPS) is 12.4. The second-order valence-corrected chi connectivity index (χ2v) is 3.78. The first-order chi connectivity index (χ1) is 7.66. The monoisotopic (exact) mass is 216 g/mol. The van der Waals surface area contributed by atoms with Crippen LogP contribution in [0.5, 0.6) is 0 Å². The fourth-order valence-electron chi connectivity index (χ4n) is 1.55. The van der Waals surface area contributed by atoms with E-state index in [1.165, 1.54) is 12.3 Å². The van der Waals surface area contributed by atoms with Gasteiger partial charge in [-0.15, -0.1) is 0 Å².